The van der Waals surface area contributed by atoms with E-state index in [1.165, 1.54) is 64.2 Å². The Labute approximate surface area is 125 Å². The molecule has 0 aromatic carbocycles. The van der Waals surface area contributed by atoms with Gasteiger partial charge in [-0.05, 0) is 11.1 Å². The second-order valence-electron chi connectivity index (χ2n) is 6.34. The third-order valence-corrected chi connectivity index (χ3v) is 17.0. The Morgan fingerprint density at radius 1 is 0.765 bits per heavy atom. The minimum Gasteiger partial charge on any atom is -0.0802 e. The summed E-state index contributed by atoms with van der Waals surface area (Å²) in [6.45, 7) is 2.69. The molecule has 0 saturated heterocycles. The minimum absolute atomic E-state index is 0.633. The number of rotatable bonds is 3. The van der Waals surface area contributed by atoms with Gasteiger partial charge in [0.2, 0.25) is 0 Å². The van der Waals surface area contributed by atoms with Crippen molar-refractivity contribution in [2.45, 2.75) is 85.2 Å². The van der Waals surface area contributed by atoms with E-state index in [0.29, 0.717) is 3.36 Å². The summed E-state index contributed by atoms with van der Waals surface area (Å²) < 4.78 is 0.633. The van der Waals surface area contributed by atoms with Crippen molar-refractivity contribution in [2.24, 2.45) is 0 Å². The van der Waals surface area contributed by atoms with Gasteiger partial charge in [0, 0.05) is 0 Å². The lowest BCUT2D eigenvalue weighted by Crippen LogP contribution is -2.49. The molecule has 0 bridgehead atoms. The summed E-state index contributed by atoms with van der Waals surface area (Å²) in [6, 6.07) is 0. The third kappa shape index (κ3) is 3.20. The van der Waals surface area contributed by atoms with Gasteiger partial charge in [0.1, 0.15) is 0 Å². The summed E-state index contributed by atoms with van der Waals surface area (Å²) in [6.07, 6.45) is 15.0. The van der Waals surface area contributed by atoms with E-state index in [1.54, 1.807) is 0 Å². The number of halogens is 2. The van der Waals surface area contributed by atoms with E-state index in [-0.39, 0.29) is 0 Å². The van der Waals surface area contributed by atoms with Crippen LogP contribution in [0.1, 0.15) is 64.2 Å². The van der Waals surface area contributed by atoms with Gasteiger partial charge < -0.3 is 0 Å². The molecule has 2 aliphatic carbocycles. The van der Waals surface area contributed by atoms with Crippen molar-refractivity contribution in [3.05, 3.63) is 0 Å². The molecule has 2 aliphatic rings. The highest BCUT2D eigenvalue weighted by molar-refractivity contribution is 9.25. The zero-order valence-corrected chi connectivity index (χ0v) is 15.2. The van der Waals surface area contributed by atoms with Crippen molar-refractivity contribution < 1.29 is 0 Å². The second kappa shape index (κ2) is 6.56. The lowest BCUT2D eigenvalue weighted by Gasteiger charge is -2.46. The monoisotopic (exact) mass is 380 g/mol. The van der Waals surface area contributed by atoms with E-state index in [4.69, 9.17) is 0 Å². The number of alkyl halides is 2. The first-order valence-corrected chi connectivity index (χ1v) is 12.0. The maximum atomic E-state index is 3.95. The fourth-order valence-corrected chi connectivity index (χ4v) is 13.3. The Bertz CT molecular complexity index is 212. The van der Waals surface area contributed by atoms with E-state index in [1.807, 2.05) is 0 Å². The highest BCUT2D eigenvalue weighted by Gasteiger charge is 2.47. The summed E-state index contributed by atoms with van der Waals surface area (Å²) in [5.74, 6) is 0. The highest BCUT2D eigenvalue weighted by Crippen LogP contribution is 2.52. The van der Waals surface area contributed by atoms with Crippen LogP contribution in [0, 0.1) is 0 Å². The topological polar surface area (TPSA) is 0 Å². The SMILES string of the molecule is C[Si](C(Br)Br)(C1CCCCC1)C1CCCCC1. The first-order valence-electron chi connectivity index (χ1n) is 7.44. The van der Waals surface area contributed by atoms with Crippen LogP contribution in [0.4, 0.5) is 0 Å². The van der Waals surface area contributed by atoms with E-state index in [0.717, 1.165) is 11.1 Å². The van der Waals surface area contributed by atoms with Gasteiger partial charge >= 0.3 is 0 Å². The smallest absolute Gasteiger partial charge is 0.0802 e. The second-order valence-corrected chi connectivity index (χ2v) is 16.0. The Morgan fingerprint density at radius 2 is 1.12 bits per heavy atom. The zero-order chi connectivity index (χ0) is 12.3. The molecule has 3 heteroatoms. The highest BCUT2D eigenvalue weighted by atomic mass is 79.9. The minimum atomic E-state index is -1.19. The van der Waals surface area contributed by atoms with Gasteiger partial charge in [0.05, 0.1) is 11.4 Å². The van der Waals surface area contributed by atoms with Crippen LogP contribution in [-0.4, -0.2) is 11.4 Å². The normalized spacial score (nSPS) is 25.4. The fraction of sp³-hybridized carbons (Fsp3) is 1.00. The van der Waals surface area contributed by atoms with E-state index in [9.17, 15) is 0 Å². The Balaban J connectivity index is 2.11. The van der Waals surface area contributed by atoms with Crippen molar-refractivity contribution in [3.8, 4) is 0 Å². The van der Waals surface area contributed by atoms with Crippen molar-refractivity contribution in [3.63, 3.8) is 0 Å². The summed E-state index contributed by atoms with van der Waals surface area (Å²) in [7, 11) is -1.19. The van der Waals surface area contributed by atoms with Gasteiger partial charge in [0.15, 0.2) is 0 Å². The van der Waals surface area contributed by atoms with Crippen LogP contribution in [0.3, 0.4) is 0 Å². The Hall–Kier alpha value is 1.18. The van der Waals surface area contributed by atoms with Gasteiger partial charge in [-0.15, -0.1) is 0 Å². The summed E-state index contributed by atoms with van der Waals surface area (Å²) >= 11 is 7.89. The average Bonchev–Trinajstić information content (AvgIpc) is 2.39. The van der Waals surface area contributed by atoms with Gasteiger partial charge in [-0.2, -0.15) is 0 Å². The third-order valence-electron chi connectivity index (χ3n) is 5.44. The molecule has 2 fully saturated rings. The Kier molecular flexibility index (Phi) is 5.63. The van der Waals surface area contributed by atoms with Crippen molar-refractivity contribution in [2.75, 3.05) is 0 Å². The number of hydrogen-bond donors (Lipinski definition) is 0. The molecule has 0 aromatic heterocycles. The molecule has 0 unspecified atom stereocenters. The summed E-state index contributed by atoms with van der Waals surface area (Å²) in [4.78, 5) is 0. The molecule has 0 nitrogen and oxygen atoms in total. The van der Waals surface area contributed by atoms with Gasteiger partial charge in [-0.25, -0.2) is 0 Å². The van der Waals surface area contributed by atoms with Crippen molar-refractivity contribution in [1.29, 1.82) is 0 Å². The molecule has 0 spiro atoms. The van der Waals surface area contributed by atoms with Crippen LogP contribution >= 0.6 is 31.9 Å². The fourth-order valence-electron chi connectivity index (χ4n) is 4.14. The quantitative estimate of drug-likeness (QED) is 0.392. The average molecular weight is 382 g/mol. The van der Waals surface area contributed by atoms with Crippen molar-refractivity contribution >= 4 is 39.9 Å². The van der Waals surface area contributed by atoms with Gasteiger partial charge in [0.25, 0.3) is 0 Å². The van der Waals surface area contributed by atoms with Crippen LogP contribution in [0.5, 0.6) is 0 Å². The molecule has 0 heterocycles. The van der Waals surface area contributed by atoms with E-state index >= 15 is 0 Å². The molecule has 2 rings (SSSR count). The molecule has 0 aliphatic heterocycles. The van der Waals surface area contributed by atoms with E-state index in [2.05, 4.69) is 38.4 Å². The lowest BCUT2D eigenvalue weighted by molar-refractivity contribution is 0.453. The lowest BCUT2D eigenvalue weighted by atomic mass is 9.99. The largest absolute Gasteiger partial charge is 0.0851 e. The molecule has 0 N–H and O–H groups in total. The molecule has 17 heavy (non-hydrogen) atoms. The maximum absolute atomic E-state index is 3.95. The molecule has 0 radical (unpaired) electrons. The first kappa shape index (κ1) is 14.6. The predicted molar refractivity (Wildman–Crippen MR) is 86.9 cm³/mol. The zero-order valence-electron chi connectivity index (χ0n) is 11.1. The summed E-state index contributed by atoms with van der Waals surface area (Å²) in [5.41, 5.74) is 2.14. The molecule has 100 valence electrons. The summed E-state index contributed by atoms with van der Waals surface area (Å²) in [5, 5.41) is 0. The molecule has 0 amide bonds. The van der Waals surface area contributed by atoms with Crippen LogP contribution in [0.2, 0.25) is 17.6 Å². The molecule has 2 saturated carbocycles. The molecule has 0 atom stereocenters. The molecule has 0 aromatic rings. The van der Waals surface area contributed by atoms with Crippen LogP contribution in [0.25, 0.3) is 0 Å². The van der Waals surface area contributed by atoms with E-state index < -0.39 is 8.07 Å². The molecular weight excluding hydrogens is 356 g/mol. The van der Waals surface area contributed by atoms with Crippen LogP contribution < -0.4 is 0 Å². The molecular formula is C14H26Br2Si. The van der Waals surface area contributed by atoms with Crippen LogP contribution in [0.15, 0.2) is 0 Å². The number of hydrogen-bond acceptors (Lipinski definition) is 0. The Morgan fingerprint density at radius 3 is 1.41 bits per heavy atom. The van der Waals surface area contributed by atoms with Gasteiger partial charge in [-0.3, -0.25) is 0 Å². The first-order chi connectivity index (χ1) is 8.15. The maximum Gasteiger partial charge on any atom is 0.0851 e. The standard InChI is InChI=1S/C14H26Br2Si/c1-17(14(15)16,12-8-4-2-5-9-12)13-10-6-3-7-11-13/h12-14H,2-11H2,1H3. The predicted octanol–water partition coefficient (Wildman–Crippen LogP) is 6.39. The van der Waals surface area contributed by atoms with Gasteiger partial charge in [-0.1, -0.05) is 103 Å². The van der Waals surface area contributed by atoms with Crippen LogP contribution in [-0.2, 0) is 0 Å². The van der Waals surface area contributed by atoms with Crippen molar-refractivity contribution in [1.82, 2.24) is 0 Å².